The molecular formula is C35H31ClN4O3S3. The number of aromatic nitrogens is 4. The molecule has 7 nitrogen and oxygen atoms in total. The van der Waals surface area contributed by atoms with Crippen LogP contribution in [0, 0.1) is 0 Å². The van der Waals surface area contributed by atoms with Gasteiger partial charge >= 0.3 is 5.97 Å². The summed E-state index contributed by atoms with van der Waals surface area (Å²) in [5.74, 6) is 2.19. The predicted octanol–water partition coefficient (Wildman–Crippen LogP) is 9.00. The van der Waals surface area contributed by atoms with Crippen LogP contribution in [-0.2, 0) is 43.7 Å². The van der Waals surface area contributed by atoms with Crippen LogP contribution in [0.4, 0.5) is 0 Å². The number of fused-ring (bicyclic) bond motifs is 10. The summed E-state index contributed by atoms with van der Waals surface area (Å²) in [5.41, 5.74) is 7.14. The van der Waals surface area contributed by atoms with E-state index in [-0.39, 0.29) is 0 Å². The van der Waals surface area contributed by atoms with Gasteiger partial charge in [0.1, 0.15) is 16.5 Å². The van der Waals surface area contributed by atoms with E-state index >= 15 is 0 Å². The van der Waals surface area contributed by atoms with Crippen LogP contribution < -0.4 is 4.74 Å². The van der Waals surface area contributed by atoms with E-state index in [1.807, 2.05) is 35.9 Å². The van der Waals surface area contributed by atoms with E-state index in [2.05, 4.69) is 34.3 Å². The first-order valence-corrected chi connectivity index (χ1v) is 18.8. The Morgan fingerprint density at radius 3 is 2.80 bits per heavy atom. The van der Waals surface area contributed by atoms with Crippen molar-refractivity contribution in [1.29, 1.82) is 0 Å². The van der Waals surface area contributed by atoms with Crippen molar-refractivity contribution in [2.45, 2.75) is 54.4 Å². The van der Waals surface area contributed by atoms with E-state index < -0.39 is 5.97 Å². The molecule has 3 aromatic carbocycles. The number of carboxylic acid groups (broad SMARTS) is 1. The average Bonchev–Trinajstić information content (AvgIpc) is 3.82. The van der Waals surface area contributed by atoms with Gasteiger partial charge in [0, 0.05) is 63.0 Å². The number of halogens is 1. The molecule has 0 aliphatic carbocycles. The molecule has 2 aliphatic rings. The number of thioether (sulfide) groups is 2. The fraction of sp³-hybridized carbons (Fsp3) is 0.286. The summed E-state index contributed by atoms with van der Waals surface area (Å²) in [6.45, 7) is 1.34. The van der Waals surface area contributed by atoms with Gasteiger partial charge in [-0.25, -0.2) is 9.78 Å². The summed E-state index contributed by atoms with van der Waals surface area (Å²) in [6, 6.07) is 16.5. The van der Waals surface area contributed by atoms with Crippen molar-refractivity contribution in [3.63, 3.8) is 0 Å². The third kappa shape index (κ3) is 5.29. The van der Waals surface area contributed by atoms with Gasteiger partial charge < -0.3 is 14.4 Å². The molecule has 6 aromatic rings. The first kappa shape index (κ1) is 29.9. The minimum atomic E-state index is -0.944. The monoisotopic (exact) mass is 686 g/mol. The molecule has 2 aliphatic heterocycles. The van der Waals surface area contributed by atoms with Crippen molar-refractivity contribution in [2.24, 2.45) is 7.05 Å². The standard InChI is InChI=1S/C35H31ClN4O3S3/c1-39-33-25-10-11-26(36)31(33)32-27(38-40-12-4-9-28(32)40)18-44-16-21-17-46-30(37-21)19-45-22-14-20-6-2-3-7-23(20)29(15-22)43-13-5-8-24(25)34(39)35(41)42/h2-3,6-7,10-11,14-15,17H,4-5,8-9,12-13,16,18-19H2,1H3,(H,41,42). The zero-order chi connectivity index (χ0) is 31.4. The molecule has 0 atom stereocenters. The second-order valence-electron chi connectivity index (χ2n) is 11.7. The van der Waals surface area contributed by atoms with Crippen LogP contribution in [0.15, 0.2) is 58.8 Å². The molecule has 46 heavy (non-hydrogen) atoms. The fourth-order valence-corrected chi connectivity index (χ4v) is 9.89. The molecule has 0 saturated carbocycles. The van der Waals surface area contributed by atoms with Gasteiger partial charge in [-0.3, -0.25) is 4.68 Å². The molecule has 0 unspecified atom stereocenters. The molecule has 0 spiro atoms. The molecule has 8 rings (SSSR count). The Labute approximate surface area is 283 Å². The summed E-state index contributed by atoms with van der Waals surface area (Å²) in [5, 5.41) is 22.5. The van der Waals surface area contributed by atoms with Gasteiger partial charge in [0.15, 0.2) is 0 Å². The number of carboxylic acids is 1. The molecule has 11 heteroatoms. The molecule has 0 radical (unpaired) electrons. The topological polar surface area (TPSA) is 82.2 Å². The van der Waals surface area contributed by atoms with Crippen molar-refractivity contribution < 1.29 is 14.6 Å². The number of thiazole rings is 1. The number of aryl methyl sites for hydroxylation is 3. The van der Waals surface area contributed by atoms with E-state index in [0.29, 0.717) is 35.9 Å². The summed E-state index contributed by atoms with van der Waals surface area (Å²) in [4.78, 5) is 18.9. The molecular weight excluding hydrogens is 656 g/mol. The SMILES string of the molecule is Cn1c(C(=O)O)c2c3ccc(Cl)c(c31)-c1c(nn3c1CCC3)CSCc1csc(n1)CSc1cc(c3ccccc3c1)OCCC2. The third-order valence-corrected chi connectivity index (χ3v) is 12.2. The van der Waals surface area contributed by atoms with Gasteiger partial charge in [0.25, 0.3) is 0 Å². The number of benzene rings is 3. The van der Waals surface area contributed by atoms with E-state index in [1.54, 1.807) is 34.9 Å². The molecule has 1 N–H and O–H groups in total. The number of carbonyl (C=O) groups is 1. The van der Waals surface area contributed by atoms with Crippen molar-refractivity contribution >= 4 is 74.1 Å². The van der Waals surface area contributed by atoms with Crippen molar-refractivity contribution in [3.05, 3.63) is 92.3 Å². The number of aromatic carboxylic acids is 1. The van der Waals surface area contributed by atoms with E-state index in [4.69, 9.17) is 26.4 Å². The Hall–Kier alpha value is -3.44. The molecule has 0 fully saturated rings. The molecule has 8 bridgehead atoms. The smallest absolute Gasteiger partial charge is 0.352 e. The van der Waals surface area contributed by atoms with Gasteiger partial charge in [-0.15, -0.1) is 34.9 Å². The highest BCUT2D eigenvalue weighted by molar-refractivity contribution is 7.98. The van der Waals surface area contributed by atoms with Gasteiger partial charge in [-0.1, -0.05) is 41.9 Å². The number of hydrogen-bond donors (Lipinski definition) is 1. The maximum atomic E-state index is 12.8. The maximum absolute atomic E-state index is 12.8. The van der Waals surface area contributed by atoms with Gasteiger partial charge in [0.05, 0.1) is 34.3 Å². The average molecular weight is 687 g/mol. The highest BCUT2D eigenvalue weighted by Crippen LogP contribution is 2.44. The Bertz CT molecular complexity index is 2150. The van der Waals surface area contributed by atoms with Crippen molar-refractivity contribution in [1.82, 2.24) is 19.3 Å². The molecule has 5 heterocycles. The Balaban J connectivity index is 1.25. The van der Waals surface area contributed by atoms with Crippen LogP contribution in [0.3, 0.4) is 0 Å². The highest BCUT2D eigenvalue weighted by atomic mass is 35.5. The lowest BCUT2D eigenvalue weighted by Crippen LogP contribution is -2.09. The van der Waals surface area contributed by atoms with E-state index in [0.717, 1.165) is 96.3 Å². The zero-order valence-corrected chi connectivity index (χ0v) is 28.4. The minimum absolute atomic E-state index is 0.295. The Morgan fingerprint density at radius 2 is 1.91 bits per heavy atom. The van der Waals surface area contributed by atoms with E-state index in [1.165, 1.54) is 5.69 Å². The van der Waals surface area contributed by atoms with Crippen molar-refractivity contribution in [3.8, 4) is 16.9 Å². The minimum Gasteiger partial charge on any atom is -0.493 e. The predicted molar refractivity (Wildman–Crippen MR) is 189 cm³/mol. The summed E-state index contributed by atoms with van der Waals surface area (Å²) < 4.78 is 10.4. The van der Waals surface area contributed by atoms with Crippen LogP contribution in [0.5, 0.6) is 5.75 Å². The fourth-order valence-electron chi connectivity index (χ4n) is 6.90. The molecule has 234 valence electrons. The lowest BCUT2D eigenvalue weighted by molar-refractivity contribution is 0.0685. The number of ether oxygens (including phenoxy) is 1. The number of nitrogens with zero attached hydrogens (tertiary/aromatic N) is 4. The molecule has 0 amide bonds. The van der Waals surface area contributed by atoms with Crippen LogP contribution >= 0.6 is 46.5 Å². The van der Waals surface area contributed by atoms with Crippen LogP contribution in [0.25, 0.3) is 32.8 Å². The summed E-state index contributed by atoms with van der Waals surface area (Å²) in [6.07, 6.45) is 3.18. The van der Waals surface area contributed by atoms with Crippen molar-refractivity contribution in [2.75, 3.05) is 6.61 Å². The van der Waals surface area contributed by atoms with Gasteiger partial charge in [0.2, 0.25) is 0 Å². The third-order valence-electron chi connectivity index (χ3n) is 8.85. The number of hydrogen-bond acceptors (Lipinski definition) is 7. The number of rotatable bonds is 1. The summed E-state index contributed by atoms with van der Waals surface area (Å²) in [7, 11) is 1.84. The normalized spacial score (nSPS) is 15.4. The molecule has 0 saturated heterocycles. The Morgan fingerprint density at radius 1 is 1.02 bits per heavy atom. The second-order valence-corrected chi connectivity index (χ2v) is 15.1. The van der Waals surface area contributed by atoms with Crippen LogP contribution in [-0.4, -0.2) is 37.0 Å². The largest absolute Gasteiger partial charge is 0.493 e. The second kappa shape index (κ2) is 12.3. The maximum Gasteiger partial charge on any atom is 0.352 e. The highest BCUT2D eigenvalue weighted by Gasteiger charge is 2.29. The lowest BCUT2D eigenvalue weighted by Gasteiger charge is -2.12. The van der Waals surface area contributed by atoms with Gasteiger partial charge in [-0.2, -0.15) is 5.10 Å². The van der Waals surface area contributed by atoms with Gasteiger partial charge in [-0.05, 0) is 54.8 Å². The molecule has 3 aromatic heterocycles. The summed E-state index contributed by atoms with van der Waals surface area (Å²) >= 11 is 12.3. The first-order valence-electron chi connectivity index (χ1n) is 15.4. The lowest BCUT2D eigenvalue weighted by atomic mass is 9.97. The van der Waals surface area contributed by atoms with E-state index in [9.17, 15) is 9.90 Å². The Kier molecular flexibility index (Phi) is 8.00. The van der Waals surface area contributed by atoms with Crippen LogP contribution in [0.1, 0.15) is 51.0 Å². The zero-order valence-electron chi connectivity index (χ0n) is 25.2. The first-order chi connectivity index (χ1) is 22.5. The quantitative estimate of drug-likeness (QED) is 0.185. The van der Waals surface area contributed by atoms with Crippen LogP contribution in [0.2, 0.25) is 5.02 Å².